The molecule has 1 N–H and O–H groups in total. The molecule has 1 aromatic rings. The summed E-state index contributed by atoms with van der Waals surface area (Å²) < 4.78 is 26.5. The van der Waals surface area contributed by atoms with Gasteiger partial charge in [0.05, 0.1) is 0 Å². The molecule has 0 spiro atoms. The molecule has 0 amide bonds. The van der Waals surface area contributed by atoms with Gasteiger partial charge in [0.1, 0.15) is 0 Å². The van der Waals surface area contributed by atoms with Gasteiger partial charge in [-0.15, -0.1) is 0 Å². The summed E-state index contributed by atoms with van der Waals surface area (Å²) in [5.41, 5.74) is 1.14. The summed E-state index contributed by atoms with van der Waals surface area (Å²) in [4.78, 5) is 0. The fourth-order valence-electron chi connectivity index (χ4n) is 2.84. The Balaban J connectivity index is 2.10. The molecule has 0 saturated heterocycles. The van der Waals surface area contributed by atoms with E-state index >= 15 is 0 Å². The van der Waals surface area contributed by atoms with Crippen LogP contribution < -0.4 is 5.32 Å². The number of halogens is 3. The zero-order chi connectivity index (χ0) is 13.9. The molecule has 1 unspecified atom stereocenters. The topological polar surface area (TPSA) is 12.0 Å². The van der Waals surface area contributed by atoms with Crippen molar-refractivity contribution in [2.24, 2.45) is 5.92 Å². The summed E-state index contributed by atoms with van der Waals surface area (Å²) in [7, 11) is 0. The first kappa shape index (κ1) is 14.7. The van der Waals surface area contributed by atoms with Gasteiger partial charge in [-0.1, -0.05) is 30.7 Å². The van der Waals surface area contributed by atoms with Crippen LogP contribution >= 0.6 is 11.6 Å². The van der Waals surface area contributed by atoms with E-state index in [2.05, 4.69) is 5.32 Å². The number of rotatable bonds is 4. The van der Waals surface area contributed by atoms with Gasteiger partial charge in [0.25, 0.3) is 0 Å². The predicted molar refractivity (Wildman–Crippen MR) is 74.8 cm³/mol. The SMILES string of the molecule is CCNC(c1ccc(Cl)cc1)C1CCC(F)(F)CC1. The van der Waals surface area contributed by atoms with Gasteiger partial charge < -0.3 is 5.32 Å². The van der Waals surface area contributed by atoms with E-state index < -0.39 is 5.92 Å². The van der Waals surface area contributed by atoms with Gasteiger partial charge in [-0.25, -0.2) is 8.78 Å². The van der Waals surface area contributed by atoms with Crippen molar-refractivity contribution in [2.75, 3.05) is 6.54 Å². The average molecular weight is 288 g/mol. The zero-order valence-electron chi connectivity index (χ0n) is 11.1. The van der Waals surface area contributed by atoms with E-state index in [0.29, 0.717) is 17.9 Å². The van der Waals surface area contributed by atoms with Crippen LogP contribution in [-0.4, -0.2) is 12.5 Å². The van der Waals surface area contributed by atoms with Crippen molar-refractivity contribution < 1.29 is 8.78 Å². The summed E-state index contributed by atoms with van der Waals surface area (Å²) in [5, 5.41) is 4.13. The largest absolute Gasteiger partial charge is 0.310 e. The molecule has 0 heterocycles. The molecule has 0 aromatic heterocycles. The molecule has 1 aliphatic carbocycles. The summed E-state index contributed by atoms with van der Waals surface area (Å²) in [5.74, 6) is -2.19. The van der Waals surface area contributed by atoms with Crippen LogP contribution in [-0.2, 0) is 0 Å². The van der Waals surface area contributed by atoms with Crippen molar-refractivity contribution in [1.29, 1.82) is 0 Å². The van der Waals surface area contributed by atoms with E-state index in [-0.39, 0.29) is 24.8 Å². The highest BCUT2D eigenvalue weighted by Gasteiger charge is 2.37. The van der Waals surface area contributed by atoms with Crippen molar-refractivity contribution in [3.05, 3.63) is 34.9 Å². The molecule has 1 aliphatic rings. The minimum atomic E-state index is -2.47. The molecular formula is C15H20ClF2N. The van der Waals surface area contributed by atoms with Crippen molar-refractivity contribution in [3.8, 4) is 0 Å². The smallest absolute Gasteiger partial charge is 0.248 e. The number of benzene rings is 1. The minimum absolute atomic E-state index is 0.00709. The van der Waals surface area contributed by atoms with Crippen LogP contribution in [0.1, 0.15) is 44.2 Å². The maximum absolute atomic E-state index is 13.2. The van der Waals surface area contributed by atoms with E-state index in [4.69, 9.17) is 11.6 Å². The summed E-state index contributed by atoms with van der Waals surface area (Å²) >= 11 is 5.90. The average Bonchev–Trinajstić information content (AvgIpc) is 2.38. The van der Waals surface area contributed by atoms with E-state index in [1.54, 1.807) is 0 Å². The lowest BCUT2D eigenvalue weighted by Crippen LogP contribution is -2.34. The quantitative estimate of drug-likeness (QED) is 0.837. The third-order valence-corrected chi connectivity index (χ3v) is 4.14. The number of nitrogens with one attached hydrogen (secondary N) is 1. The van der Waals surface area contributed by atoms with Crippen LogP contribution in [0.2, 0.25) is 5.02 Å². The summed E-state index contributed by atoms with van der Waals surface area (Å²) in [6.07, 6.45) is 1.17. The van der Waals surface area contributed by atoms with Crippen LogP contribution in [0.5, 0.6) is 0 Å². The zero-order valence-corrected chi connectivity index (χ0v) is 11.9. The van der Waals surface area contributed by atoms with Crippen LogP contribution in [0.25, 0.3) is 0 Å². The van der Waals surface area contributed by atoms with Crippen molar-refractivity contribution in [2.45, 2.75) is 44.6 Å². The Morgan fingerprint density at radius 2 is 1.84 bits per heavy atom. The number of alkyl halides is 2. The van der Waals surface area contributed by atoms with Crippen molar-refractivity contribution >= 4 is 11.6 Å². The normalized spacial score (nSPS) is 21.3. The molecule has 4 heteroatoms. The third kappa shape index (κ3) is 3.90. The second-order valence-corrected chi connectivity index (χ2v) is 5.72. The third-order valence-electron chi connectivity index (χ3n) is 3.89. The van der Waals surface area contributed by atoms with Gasteiger partial charge in [0.15, 0.2) is 0 Å². The molecular weight excluding hydrogens is 268 g/mol. The first-order chi connectivity index (χ1) is 9.02. The number of hydrogen-bond donors (Lipinski definition) is 1. The fourth-order valence-corrected chi connectivity index (χ4v) is 2.97. The second kappa shape index (κ2) is 6.19. The van der Waals surface area contributed by atoms with Crippen LogP contribution in [0, 0.1) is 5.92 Å². The maximum Gasteiger partial charge on any atom is 0.248 e. The Morgan fingerprint density at radius 1 is 1.26 bits per heavy atom. The monoisotopic (exact) mass is 287 g/mol. The first-order valence-electron chi connectivity index (χ1n) is 6.88. The highest BCUT2D eigenvalue weighted by atomic mass is 35.5. The van der Waals surface area contributed by atoms with Crippen LogP contribution in [0.15, 0.2) is 24.3 Å². The molecule has 0 bridgehead atoms. The van der Waals surface area contributed by atoms with Gasteiger partial charge in [-0.2, -0.15) is 0 Å². The Hall–Kier alpha value is -0.670. The van der Waals surface area contributed by atoms with Gasteiger partial charge in [0, 0.05) is 23.9 Å². The molecule has 1 saturated carbocycles. The molecule has 1 fully saturated rings. The molecule has 0 aliphatic heterocycles. The van der Waals surface area contributed by atoms with E-state index in [9.17, 15) is 8.78 Å². The van der Waals surface area contributed by atoms with E-state index in [1.165, 1.54) is 0 Å². The molecule has 0 radical (unpaired) electrons. The van der Waals surface area contributed by atoms with Crippen molar-refractivity contribution in [3.63, 3.8) is 0 Å². The van der Waals surface area contributed by atoms with E-state index in [1.807, 2.05) is 31.2 Å². The van der Waals surface area contributed by atoms with Crippen LogP contribution in [0.3, 0.4) is 0 Å². The molecule has 19 heavy (non-hydrogen) atoms. The molecule has 2 rings (SSSR count). The van der Waals surface area contributed by atoms with Gasteiger partial charge in [0.2, 0.25) is 5.92 Å². The lowest BCUT2D eigenvalue weighted by molar-refractivity contribution is -0.0497. The summed E-state index contributed by atoms with van der Waals surface area (Å²) in [6, 6.07) is 7.85. The minimum Gasteiger partial charge on any atom is -0.310 e. The standard InChI is InChI=1S/C15H20ClF2N/c1-2-19-14(11-3-5-13(16)6-4-11)12-7-9-15(17,18)10-8-12/h3-6,12,14,19H,2,7-10H2,1H3. The highest BCUT2D eigenvalue weighted by molar-refractivity contribution is 6.30. The Labute approximate surface area is 118 Å². The van der Waals surface area contributed by atoms with Gasteiger partial charge >= 0.3 is 0 Å². The Bertz CT molecular complexity index is 395. The first-order valence-corrected chi connectivity index (χ1v) is 7.26. The lowest BCUT2D eigenvalue weighted by atomic mass is 9.79. The van der Waals surface area contributed by atoms with Crippen molar-refractivity contribution in [1.82, 2.24) is 5.32 Å². The second-order valence-electron chi connectivity index (χ2n) is 5.28. The van der Waals surface area contributed by atoms with Crippen LogP contribution in [0.4, 0.5) is 8.78 Å². The Kier molecular flexibility index (Phi) is 4.80. The molecule has 1 aromatic carbocycles. The Morgan fingerprint density at radius 3 is 2.37 bits per heavy atom. The maximum atomic E-state index is 13.2. The summed E-state index contributed by atoms with van der Waals surface area (Å²) in [6.45, 7) is 2.88. The van der Waals surface area contributed by atoms with E-state index in [0.717, 1.165) is 12.1 Å². The fraction of sp³-hybridized carbons (Fsp3) is 0.600. The molecule has 1 atom stereocenters. The number of hydrogen-bond acceptors (Lipinski definition) is 1. The highest BCUT2D eigenvalue weighted by Crippen LogP contribution is 2.41. The van der Waals surface area contributed by atoms with Gasteiger partial charge in [-0.05, 0) is 43.0 Å². The molecule has 106 valence electrons. The van der Waals surface area contributed by atoms with Gasteiger partial charge in [-0.3, -0.25) is 0 Å². The molecule has 1 nitrogen and oxygen atoms in total. The predicted octanol–water partition coefficient (Wildman–Crippen LogP) is 4.82. The lowest BCUT2D eigenvalue weighted by Gasteiger charge is -2.34.